The molecule has 1 saturated heterocycles. The Balaban J connectivity index is 1.42. The van der Waals surface area contributed by atoms with Crippen LogP contribution in [0.25, 0.3) is 5.82 Å². The molecule has 4 heterocycles. The quantitative estimate of drug-likeness (QED) is 0.534. The van der Waals surface area contributed by atoms with Crippen molar-refractivity contribution in [2.75, 3.05) is 18.9 Å². The van der Waals surface area contributed by atoms with Crippen LogP contribution in [0.3, 0.4) is 0 Å². The second kappa shape index (κ2) is 9.70. The first-order valence-corrected chi connectivity index (χ1v) is 12.5. The molecule has 3 atom stereocenters. The van der Waals surface area contributed by atoms with Gasteiger partial charge in [0.2, 0.25) is 11.8 Å². The Labute approximate surface area is 220 Å². The van der Waals surface area contributed by atoms with Crippen molar-refractivity contribution >= 4 is 23.4 Å². The van der Waals surface area contributed by atoms with Crippen LogP contribution in [0, 0.1) is 17.2 Å². The minimum absolute atomic E-state index is 0.0681. The number of hydrogen-bond donors (Lipinski definition) is 1. The van der Waals surface area contributed by atoms with Crippen LogP contribution < -0.4 is 5.32 Å². The van der Waals surface area contributed by atoms with Crippen molar-refractivity contribution in [1.29, 1.82) is 5.26 Å². The molecule has 194 valence electrons. The van der Waals surface area contributed by atoms with Gasteiger partial charge in [-0.25, -0.2) is 9.67 Å². The Morgan fingerprint density at radius 2 is 2.00 bits per heavy atom. The van der Waals surface area contributed by atoms with E-state index in [0.717, 1.165) is 5.56 Å². The number of nitrogens with zero attached hydrogens (tertiary/aromatic N) is 7. The maximum atomic E-state index is 14.0. The van der Waals surface area contributed by atoms with Gasteiger partial charge in [-0.1, -0.05) is 43.3 Å². The van der Waals surface area contributed by atoms with Gasteiger partial charge in [-0.15, -0.1) is 5.10 Å². The van der Waals surface area contributed by atoms with Crippen LogP contribution in [-0.4, -0.2) is 73.2 Å². The Morgan fingerprint density at radius 3 is 2.71 bits per heavy atom. The minimum atomic E-state index is -0.997. The molecule has 0 aliphatic carbocycles. The fourth-order valence-corrected chi connectivity index (χ4v) is 5.33. The summed E-state index contributed by atoms with van der Waals surface area (Å²) in [5.74, 6) is -0.475. The van der Waals surface area contributed by atoms with Gasteiger partial charge in [0.1, 0.15) is 12.1 Å². The predicted octanol–water partition coefficient (Wildman–Crippen LogP) is 2.16. The highest BCUT2D eigenvalue weighted by Crippen LogP contribution is 2.46. The third kappa shape index (κ3) is 4.18. The van der Waals surface area contributed by atoms with E-state index in [4.69, 9.17) is 0 Å². The van der Waals surface area contributed by atoms with Gasteiger partial charge in [0.25, 0.3) is 5.91 Å². The lowest BCUT2D eigenvalue weighted by Gasteiger charge is -2.33. The highest BCUT2D eigenvalue weighted by atomic mass is 16.2. The van der Waals surface area contributed by atoms with Crippen LogP contribution in [0.15, 0.2) is 54.9 Å². The number of carbonyl (C=O) groups excluding carboxylic acids is 3. The molecule has 5 rings (SSSR count). The second-order valence-electron chi connectivity index (χ2n) is 10.2. The second-order valence-corrected chi connectivity index (χ2v) is 10.2. The summed E-state index contributed by atoms with van der Waals surface area (Å²) in [4.78, 5) is 47.6. The van der Waals surface area contributed by atoms with Crippen molar-refractivity contribution in [3.05, 3.63) is 66.1 Å². The van der Waals surface area contributed by atoms with Gasteiger partial charge in [-0.05, 0) is 36.1 Å². The number of nitriles is 1. The summed E-state index contributed by atoms with van der Waals surface area (Å²) in [6.45, 7) is 3.99. The number of carbonyl (C=O) groups is 3. The number of para-hydroxylation sites is 1. The molecule has 0 saturated carbocycles. The van der Waals surface area contributed by atoms with Crippen LogP contribution in [0.4, 0.5) is 5.69 Å². The minimum Gasteiger partial charge on any atom is -0.328 e. The highest BCUT2D eigenvalue weighted by molar-refractivity contribution is 6.07. The van der Waals surface area contributed by atoms with E-state index in [1.165, 1.54) is 20.7 Å². The van der Waals surface area contributed by atoms with E-state index in [1.807, 2.05) is 38.1 Å². The number of amides is 3. The molecule has 3 amide bonds. The van der Waals surface area contributed by atoms with Crippen molar-refractivity contribution in [1.82, 2.24) is 29.8 Å². The summed E-state index contributed by atoms with van der Waals surface area (Å²) in [5, 5.41) is 20.9. The molecular formula is C27H28N8O3. The smallest absolute Gasteiger partial charge is 0.276 e. The summed E-state index contributed by atoms with van der Waals surface area (Å²) in [6, 6.07) is 13.2. The number of anilines is 1. The Hall–Kier alpha value is -4.59. The van der Waals surface area contributed by atoms with E-state index < -0.39 is 23.4 Å². The number of hydrogen-bond acceptors (Lipinski definition) is 7. The van der Waals surface area contributed by atoms with Crippen LogP contribution in [-0.2, 0) is 15.0 Å². The number of pyridine rings is 1. The lowest BCUT2D eigenvalue weighted by molar-refractivity contribution is -0.136. The highest BCUT2D eigenvalue weighted by Gasteiger charge is 2.56. The lowest BCUT2D eigenvalue weighted by atomic mass is 9.80. The largest absolute Gasteiger partial charge is 0.328 e. The van der Waals surface area contributed by atoms with E-state index in [-0.39, 0.29) is 36.4 Å². The normalized spacial score (nSPS) is 20.8. The Bertz CT molecular complexity index is 1430. The maximum absolute atomic E-state index is 14.0. The zero-order valence-corrected chi connectivity index (χ0v) is 21.4. The van der Waals surface area contributed by atoms with Gasteiger partial charge in [0.05, 0.1) is 17.7 Å². The summed E-state index contributed by atoms with van der Waals surface area (Å²) >= 11 is 0. The van der Waals surface area contributed by atoms with Gasteiger partial charge in [-0.3, -0.25) is 14.4 Å². The van der Waals surface area contributed by atoms with Crippen molar-refractivity contribution < 1.29 is 14.4 Å². The fourth-order valence-electron chi connectivity index (χ4n) is 5.33. The molecule has 38 heavy (non-hydrogen) atoms. The van der Waals surface area contributed by atoms with Crippen LogP contribution in [0.1, 0.15) is 42.7 Å². The molecule has 1 aromatic carbocycles. The summed E-state index contributed by atoms with van der Waals surface area (Å²) in [7, 11) is 1.55. The molecule has 3 aromatic rings. The molecule has 1 spiro atoms. The molecule has 11 nitrogen and oxygen atoms in total. The molecule has 1 N–H and O–H groups in total. The molecule has 1 fully saturated rings. The lowest BCUT2D eigenvalue weighted by Crippen LogP contribution is -2.52. The van der Waals surface area contributed by atoms with E-state index in [1.54, 1.807) is 31.4 Å². The first kappa shape index (κ1) is 25.1. The van der Waals surface area contributed by atoms with Gasteiger partial charge >= 0.3 is 0 Å². The molecular weight excluding hydrogens is 484 g/mol. The van der Waals surface area contributed by atoms with Gasteiger partial charge < -0.3 is 15.1 Å². The maximum Gasteiger partial charge on any atom is 0.276 e. The van der Waals surface area contributed by atoms with E-state index >= 15 is 0 Å². The molecule has 0 bridgehead atoms. The van der Waals surface area contributed by atoms with Crippen molar-refractivity contribution in [3.63, 3.8) is 0 Å². The molecule has 2 aliphatic heterocycles. The van der Waals surface area contributed by atoms with Crippen molar-refractivity contribution in [3.8, 4) is 11.9 Å². The van der Waals surface area contributed by atoms with Crippen LogP contribution in [0.5, 0.6) is 0 Å². The molecule has 0 radical (unpaired) electrons. The van der Waals surface area contributed by atoms with Crippen molar-refractivity contribution in [2.24, 2.45) is 5.92 Å². The summed E-state index contributed by atoms with van der Waals surface area (Å²) < 4.78 is 1.40. The van der Waals surface area contributed by atoms with Gasteiger partial charge in [-0.2, -0.15) is 5.26 Å². The third-order valence-electron chi connectivity index (χ3n) is 7.28. The number of benzene rings is 1. The number of likely N-dealkylation sites (tertiary alicyclic amines) is 1. The zero-order valence-electron chi connectivity index (χ0n) is 21.4. The van der Waals surface area contributed by atoms with E-state index in [9.17, 15) is 19.6 Å². The SMILES string of the molecule is CC(C)C[C@@H](C(=O)N1C[C@]2(C[C@H]1C#N)C(=O)Nc1ccccc12)N(C)C(=O)c1cn(-c2ccccn2)nn1. The third-order valence-corrected chi connectivity index (χ3v) is 7.28. The number of aromatic nitrogens is 4. The number of nitrogens with one attached hydrogen (secondary N) is 1. The molecule has 2 aliphatic rings. The summed E-state index contributed by atoms with van der Waals surface area (Å²) in [5.41, 5.74) is 0.559. The van der Waals surface area contributed by atoms with Crippen LogP contribution >= 0.6 is 0 Å². The molecule has 0 unspecified atom stereocenters. The fraction of sp³-hybridized carbons (Fsp3) is 0.370. The average molecular weight is 513 g/mol. The first-order valence-electron chi connectivity index (χ1n) is 12.5. The number of rotatable bonds is 6. The van der Waals surface area contributed by atoms with Crippen molar-refractivity contribution in [2.45, 2.75) is 44.2 Å². The molecule has 11 heteroatoms. The first-order chi connectivity index (χ1) is 18.2. The molecule has 2 aromatic heterocycles. The topological polar surface area (TPSA) is 137 Å². The Kier molecular flexibility index (Phi) is 6.40. The summed E-state index contributed by atoms with van der Waals surface area (Å²) in [6.07, 6.45) is 3.66. The van der Waals surface area contributed by atoms with Crippen LogP contribution in [0.2, 0.25) is 0 Å². The Morgan fingerprint density at radius 1 is 1.24 bits per heavy atom. The zero-order chi connectivity index (χ0) is 27.0. The standard InChI is InChI=1S/C27H28N8O3/c1-17(2)12-22(33(3)24(36)21-15-35(32-31-21)23-10-6-7-11-29-23)25(37)34-16-27(13-18(34)14-28)19-8-4-5-9-20(19)30-26(27)38/h4-11,15,17-18,22H,12-13,16H2,1-3H3,(H,30,38)/t18-,22-,27-/m0/s1. The number of likely N-dealkylation sites (N-methyl/N-ethyl adjacent to an activating group) is 1. The van der Waals surface area contributed by atoms with E-state index in [2.05, 4.69) is 26.7 Å². The number of fused-ring (bicyclic) bond motifs is 2. The predicted molar refractivity (Wildman–Crippen MR) is 137 cm³/mol. The van der Waals surface area contributed by atoms with Gasteiger partial charge in [0.15, 0.2) is 11.5 Å². The monoisotopic (exact) mass is 512 g/mol. The van der Waals surface area contributed by atoms with Gasteiger partial charge in [0, 0.05) is 31.9 Å². The average Bonchev–Trinajstić information content (AvgIpc) is 3.64. The van der Waals surface area contributed by atoms with E-state index in [0.29, 0.717) is 17.9 Å².